The number of halogens is 2. The Morgan fingerprint density at radius 2 is 1.76 bits per heavy atom. The Hall–Kier alpha value is -1.47. The number of hydrogen-bond acceptors (Lipinski definition) is 4. The van der Waals surface area contributed by atoms with E-state index in [1.807, 2.05) is 62.6 Å². The number of rotatable bonds is 5. The van der Waals surface area contributed by atoms with Gasteiger partial charge in [0.15, 0.2) is 5.13 Å². The first kappa shape index (κ1) is 19.8. The van der Waals surface area contributed by atoms with Gasteiger partial charge in [0.2, 0.25) is 0 Å². The molecular formula is C18H19BrClN3OS. The molecule has 0 aliphatic heterocycles. The Balaban J connectivity index is 0.00000225. The van der Waals surface area contributed by atoms with E-state index in [4.69, 9.17) is 0 Å². The second-order valence-electron chi connectivity index (χ2n) is 5.73. The zero-order valence-corrected chi connectivity index (χ0v) is 17.2. The van der Waals surface area contributed by atoms with E-state index in [9.17, 15) is 4.79 Å². The van der Waals surface area contributed by atoms with E-state index in [1.54, 1.807) is 16.2 Å². The Morgan fingerprint density at radius 1 is 1.08 bits per heavy atom. The monoisotopic (exact) mass is 439 g/mol. The highest BCUT2D eigenvalue weighted by Gasteiger charge is 2.21. The molecule has 0 atom stereocenters. The number of amides is 1. The van der Waals surface area contributed by atoms with Gasteiger partial charge in [-0.25, -0.2) is 4.98 Å². The van der Waals surface area contributed by atoms with Gasteiger partial charge in [-0.1, -0.05) is 39.4 Å². The van der Waals surface area contributed by atoms with Crippen LogP contribution >= 0.6 is 39.7 Å². The summed E-state index contributed by atoms with van der Waals surface area (Å²) in [5.41, 5.74) is 1.59. The molecule has 0 aliphatic carbocycles. The first-order chi connectivity index (χ1) is 11.5. The average Bonchev–Trinajstić information content (AvgIpc) is 2.99. The van der Waals surface area contributed by atoms with Gasteiger partial charge >= 0.3 is 0 Å². The molecule has 1 aromatic heterocycles. The first-order valence-corrected chi connectivity index (χ1v) is 9.23. The van der Waals surface area contributed by atoms with Crippen LogP contribution < -0.4 is 4.90 Å². The second kappa shape index (κ2) is 8.76. The van der Waals surface area contributed by atoms with Crippen molar-refractivity contribution in [1.82, 2.24) is 9.88 Å². The van der Waals surface area contributed by atoms with E-state index in [0.29, 0.717) is 12.1 Å². The van der Waals surface area contributed by atoms with Crippen LogP contribution in [0, 0.1) is 0 Å². The van der Waals surface area contributed by atoms with Gasteiger partial charge in [0.1, 0.15) is 0 Å². The smallest absolute Gasteiger partial charge is 0.260 e. The number of aromatic nitrogens is 1. The molecule has 2 aromatic carbocycles. The van der Waals surface area contributed by atoms with Crippen molar-refractivity contribution in [3.8, 4) is 0 Å². The van der Waals surface area contributed by atoms with Crippen LogP contribution in [0.15, 0.2) is 53.0 Å². The molecular weight excluding hydrogens is 422 g/mol. The van der Waals surface area contributed by atoms with E-state index >= 15 is 0 Å². The van der Waals surface area contributed by atoms with Gasteiger partial charge in [-0.05, 0) is 50.5 Å². The third-order valence-corrected chi connectivity index (χ3v) is 5.21. The fourth-order valence-corrected chi connectivity index (χ4v) is 3.56. The minimum atomic E-state index is -0.0246. The van der Waals surface area contributed by atoms with Gasteiger partial charge in [-0.2, -0.15) is 0 Å². The van der Waals surface area contributed by atoms with Crippen molar-refractivity contribution in [2.75, 3.05) is 32.1 Å². The Kier molecular flexibility index (Phi) is 6.95. The predicted octanol–water partition coefficient (Wildman–Crippen LogP) is 4.69. The third kappa shape index (κ3) is 4.79. The zero-order valence-electron chi connectivity index (χ0n) is 14.0. The molecule has 0 fully saturated rings. The molecule has 132 valence electrons. The summed E-state index contributed by atoms with van der Waals surface area (Å²) < 4.78 is 2.05. The highest BCUT2D eigenvalue weighted by Crippen LogP contribution is 2.29. The number of carbonyl (C=O) groups excluding carboxylic acids is 1. The Bertz CT molecular complexity index is 818. The van der Waals surface area contributed by atoms with Gasteiger partial charge in [-0.15, -0.1) is 12.4 Å². The minimum absolute atomic E-state index is 0. The molecule has 0 radical (unpaired) electrons. The topological polar surface area (TPSA) is 36.4 Å². The number of fused-ring (bicyclic) bond motifs is 1. The number of anilines is 1. The fraction of sp³-hybridized carbons (Fsp3) is 0.222. The summed E-state index contributed by atoms with van der Waals surface area (Å²) in [6.07, 6.45) is 0. The lowest BCUT2D eigenvalue weighted by Gasteiger charge is -2.22. The van der Waals surface area contributed by atoms with Crippen LogP contribution in [0.4, 0.5) is 5.13 Å². The van der Waals surface area contributed by atoms with Crippen LogP contribution in [0.25, 0.3) is 10.2 Å². The summed E-state index contributed by atoms with van der Waals surface area (Å²) in [7, 11) is 4.00. The largest absolute Gasteiger partial charge is 0.308 e. The van der Waals surface area contributed by atoms with Gasteiger partial charge in [-0.3, -0.25) is 9.69 Å². The van der Waals surface area contributed by atoms with Crippen molar-refractivity contribution >= 4 is 60.9 Å². The second-order valence-corrected chi connectivity index (χ2v) is 7.66. The van der Waals surface area contributed by atoms with Gasteiger partial charge in [0.05, 0.1) is 10.2 Å². The highest BCUT2D eigenvalue weighted by atomic mass is 79.9. The summed E-state index contributed by atoms with van der Waals surface area (Å²) >= 11 is 4.96. The maximum Gasteiger partial charge on any atom is 0.260 e. The van der Waals surface area contributed by atoms with E-state index in [0.717, 1.165) is 26.4 Å². The number of thiazole rings is 1. The molecule has 0 N–H and O–H groups in total. The third-order valence-electron chi connectivity index (χ3n) is 3.62. The molecule has 3 rings (SSSR count). The first-order valence-electron chi connectivity index (χ1n) is 7.62. The van der Waals surface area contributed by atoms with E-state index in [2.05, 4.69) is 25.8 Å². The fourth-order valence-electron chi connectivity index (χ4n) is 2.31. The lowest BCUT2D eigenvalue weighted by atomic mass is 10.2. The van der Waals surface area contributed by atoms with E-state index in [-0.39, 0.29) is 18.3 Å². The molecule has 1 heterocycles. The maximum absolute atomic E-state index is 13.0. The van der Waals surface area contributed by atoms with Crippen LogP contribution in [0.3, 0.4) is 0 Å². The molecule has 0 spiro atoms. The summed E-state index contributed by atoms with van der Waals surface area (Å²) in [5.74, 6) is -0.0246. The van der Waals surface area contributed by atoms with Crippen LogP contribution in [0.5, 0.6) is 0 Å². The molecule has 0 bridgehead atoms. The van der Waals surface area contributed by atoms with Crippen LogP contribution in [0.1, 0.15) is 10.4 Å². The molecule has 0 saturated heterocycles. The van der Waals surface area contributed by atoms with Crippen molar-refractivity contribution in [2.24, 2.45) is 0 Å². The Labute approximate surface area is 166 Å². The number of para-hydroxylation sites is 1. The number of carbonyl (C=O) groups is 1. The van der Waals surface area contributed by atoms with Crippen molar-refractivity contribution in [3.05, 3.63) is 58.6 Å². The van der Waals surface area contributed by atoms with Crippen molar-refractivity contribution < 1.29 is 4.79 Å². The standard InChI is InChI=1S/C18H18BrN3OS.ClH/c1-21(2)11-12-22(17(23)13-7-9-14(19)10-8-13)18-20-15-5-3-4-6-16(15)24-18;/h3-10H,11-12H2,1-2H3;1H. The molecule has 4 nitrogen and oxygen atoms in total. The summed E-state index contributed by atoms with van der Waals surface area (Å²) in [6, 6.07) is 15.4. The number of likely N-dealkylation sites (N-methyl/N-ethyl adjacent to an activating group) is 1. The molecule has 0 aliphatic rings. The van der Waals surface area contributed by atoms with E-state index in [1.165, 1.54) is 0 Å². The summed E-state index contributed by atoms with van der Waals surface area (Å²) in [5, 5.41) is 0.742. The van der Waals surface area contributed by atoms with Crippen molar-refractivity contribution in [3.63, 3.8) is 0 Å². The highest BCUT2D eigenvalue weighted by molar-refractivity contribution is 9.10. The van der Waals surface area contributed by atoms with Crippen molar-refractivity contribution in [1.29, 1.82) is 0 Å². The SMILES string of the molecule is CN(C)CCN(C(=O)c1ccc(Br)cc1)c1nc2ccccc2s1.Cl. The minimum Gasteiger partial charge on any atom is -0.308 e. The lowest BCUT2D eigenvalue weighted by Crippen LogP contribution is -2.36. The number of hydrogen-bond donors (Lipinski definition) is 0. The van der Waals surface area contributed by atoms with Gasteiger partial charge in [0.25, 0.3) is 5.91 Å². The molecule has 1 amide bonds. The number of benzene rings is 2. The molecule has 0 unspecified atom stereocenters. The maximum atomic E-state index is 13.0. The number of nitrogens with zero attached hydrogens (tertiary/aromatic N) is 3. The quantitative estimate of drug-likeness (QED) is 0.577. The van der Waals surface area contributed by atoms with Gasteiger partial charge in [0, 0.05) is 23.1 Å². The summed E-state index contributed by atoms with van der Waals surface area (Å²) in [4.78, 5) is 21.5. The summed E-state index contributed by atoms with van der Waals surface area (Å²) in [6.45, 7) is 1.37. The lowest BCUT2D eigenvalue weighted by molar-refractivity contribution is 0.0985. The molecule has 3 aromatic rings. The van der Waals surface area contributed by atoms with Crippen LogP contribution in [0.2, 0.25) is 0 Å². The predicted molar refractivity (Wildman–Crippen MR) is 111 cm³/mol. The van der Waals surface area contributed by atoms with Gasteiger partial charge < -0.3 is 4.90 Å². The molecule has 25 heavy (non-hydrogen) atoms. The average molecular weight is 441 g/mol. The normalized spacial score (nSPS) is 10.7. The van der Waals surface area contributed by atoms with E-state index < -0.39 is 0 Å². The van der Waals surface area contributed by atoms with Crippen molar-refractivity contribution in [2.45, 2.75) is 0 Å². The molecule has 0 saturated carbocycles. The molecule has 7 heteroatoms. The zero-order chi connectivity index (χ0) is 17.1. The van der Waals surface area contributed by atoms with Crippen LogP contribution in [-0.4, -0.2) is 43.0 Å². The van der Waals surface area contributed by atoms with Crippen LogP contribution in [-0.2, 0) is 0 Å². The Morgan fingerprint density at radius 3 is 2.40 bits per heavy atom.